The number of rotatable bonds is 3. The Morgan fingerprint density at radius 3 is 2.62 bits per heavy atom. The van der Waals surface area contributed by atoms with Crippen molar-refractivity contribution in [1.29, 1.82) is 0 Å². The van der Waals surface area contributed by atoms with Crippen molar-refractivity contribution < 1.29 is 8.78 Å². The highest BCUT2D eigenvalue weighted by molar-refractivity contribution is 5.81. The number of hydrogen-bond donors (Lipinski definition) is 1. The summed E-state index contributed by atoms with van der Waals surface area (Å²) in [5.74, 6) is -0.870. The summed E-state index contributed by atoms with van der Waals surface area (Å²) in [6.45, 7) is 3.38. The molecule has 8 nitrogen and oxygen atoms in total. The third-order valence-electron chi connectivity index (χ3n) is 6.39. The Balaban J connectivity index is 1.57. The molecule has 5 aromatic rings. The monoisotopic (exact) mass is 461 g/mol. The van der Waals surface area contributed by atoms with Gasteiger partial charge in [-0.15, -0.1) is 0 Å². The van der Waals surface area contributed by atoms with Crippen molar-refractivity contribution in [2.24, 2.45) is 7.05 Å². The second-order valence-electron chi connectivity index (χ2n) is 8.41. The van der Waals surface area contributed by atoms with E-state index in [1.54, 1.807) is 48.4 Å². The Morgan fingerprint density at radius 2 is 1.82 bits per heavy atom. The number of benzene rings is 2. The molecular formula is C24H21F2N7O. The minimum Gasteiger partial charge on any atom is -0.307 e. The SMILES string of the molecule is C[C@H]1NCCn2nc(-c3ccc(F)cc3)c(-n3ccn(-c4ccc5c(cnn5C)c4F)c3=O)c21. The number of halogens is 2. The molecule has 0 aliphatic carbocycles. The molecule has 0 fully saturated rings. The van der Waals surface area contributed by atoms with Gasteiger partial charge in [0.05, 0.1) is 35.0 Å². The zero-order valence-corrected chi connectivity index (χ0v) is 18.5. The van der Waals surface area contributed by atoms with Gasteiger partial charge < -0.3 is 5.32 Å². The second-order valence-corrected chi connectivity index (χ2v) is 8.41. The van der Waals surface area contributed by atoms with E-state index < -0.39 is 11.5 Å². The molecule has 0 unspecified atom stereocenters. The van der Waals surface area contributed by atoms with Crippen molar-refractivity contribution in [3.63, 3.8) is 0 Å². The summed E-state index contributed by atoms with van der Waals surface area (Å²) >= 11 is 0. The molecule has 1 atom stereocenters. The fourth-order valence-electron chi connectivity index (χ4n) is 4.69. The van der Waals surface area contributed by atoms with Crippen LogP contribution < -0.4 is 11.0 Å². The topological polar surface area (TPSA) is 74.6 Å². The lowest BCUT2D eigenvalue weighted by Crippen LogP contribution is -2.33. The van der Waals surface area contributed by atoms with Crippen LogP contribution in [0.1, 0.15) is 18.7 Å². The van der Waals surface area contributed by atoms with Crippen LogP contribution >= 0.6 is 0 Å². The van der Waals surface area contributed by atoms with Crippen molar-refractivity contribution in [1.82, 2.24) is 34.0 Å². The summed E-state index contributed by atoms with van der Waals surface area (Å²) in [7, 11) is 1.74. The van der Waals surface area contributed by atoms with Crippen LogP contribution in [0.4, 0.5) is 8.78 Å². The molecule has 10 heteroatoms. The van der Waals surface area contributed by atoms with Crippen molar-refractivity contribution in [2.75, 3.05) is 6.54 Å². The van der Waals surface area contributed by atoms with Crippen LogP contribution in [0.3, 0.4) is 0 Å². The van der Waals surface area contributed by atoms with Crippen LogP contribution in [-0.2, 0) is 13.6 Å². The predicted octanol–water partition coefficient (Wildman–Crippen LogP) is 3.32. The smallest absolute Gasteiger partial charge is 0.307 e. The van der Waals surface area contributed by atoms with E-state index >= 15 is 4.39 Å². The van der Waals surface area contributed by atoms with Gasteiger partial charge in [-0.1, -0.05) is 0 Å². The first kappa shape index (κ1) is 20.5. The van der Waals surface area contributed by atoms with Gasteiger partial charge in [-0.3, -0.25) is 18.5 Å². The van der Waals surface area contributed by atoms with E-state index in [1.807, 2.05) is 11.6 Å². The molecule has 2 aromatic carbocycles. The van der Waals surface area contributed by atoms with E-state index in [4.69, 9.17) is 5.10 Å². The van der Waals surface area contributed by atoms with Gasteiger partial charge in [-0.25, -0.2) is 13.6 Å². The molecule has 34 heavy (non-hydrogen) atoms. The van der Waals surface area contributed by atoms with Crippen LogP contribution in [0, 0.1) is 11.6 Å². The maximum absolute atomic E-state index is 15.3. The summed E-state index contributed by atoms with van der Waals surface area (Å²) in [6, 6.07) is 9.26. The first-order valence-corrected chi connectivity index (χ1v) is 10.9. The van der Waals surface area contributed by atoms with E-state index in [0.717, 1.165) is 12.2 Å². The minimum absolute atomic E-state index is 0.0656. The summed E-state index contributed by atoms with van der Waals surface area (Å²) in [6.07, 6.45) is 4.61. The van der Waals surface area contributed by atoms with E-state index in [1.165, 1.54) is 27.5 Å². The molecule has 0 spiro atoms. The van der Waals surface area contributed by atoms with E-state index in [0.29, 0.717) is 34.4 Å². The Morgan fingerprint density at radius 1 is 1.06 bits per heavy atom. The molecular weight excluding hydrogens is 440 g/mol. The Labute approximate surface area is 192 Å². The molecule has 1 N–H and O–H groups in total. The lowest BCUT2D eigenvalue weighted by Gasteiger charge is -2.23. The molecule has 6 rings (SSSR count). The van der Waals surface area contributed by atoms with Crippen molar-refractivity contribution >= 4 is 10.9 Å². The van der Waals surface area contributed by atoms with Crippen LogP contribution in [-0.4, -0.2) is 35.2 Å². The average molecular weight is 461 g/mol. The summed E-state index contributed by atoms with van der Waals surface area (Å²) < 4.78 is 35.1. The van der Waals surface area contributed by atoms with Gasteiger partial charge in [0.15, 0.2) is 5.82 Å². The fourth-order valence-corrected chi connectivity index (χ4v) is 4.69. The number of hydrogen-bond acceptors (Lipinski definition) is 4. The third kappa shape index (κ3) is 2.95. The first-order valence-electron chi connectivity index (χ1n) is 10.9. The Hall–Kier alpha value is -4.05. The van der Waals surface area contributed by atoms with Gasteiger partial charge in [0.25, 0.3) is 0 Å². The average Bonchev–Trinajstić information content (AvgIpc) is 3.51. The summed E-state index contributed by atoms with van der Waals surface area (Å²) in [4.78, 5) is 13.6. The van der Waals surface area contributed by atoms with Gasteiger partial charge in [0.2, 0.25) is 0 Å². The third-order valence-corrected chi connectivity index (χ3v) is 6.39. The van der Waals surface area contributed by atoms with Gasteiger partial charge in [-0.05, 0) is 43.3 Å². The van der Waals surface area contributed by atoms with Crippen molar-refractivity contribution in [2.45, 2.75) is 19.5 Å². The van der Waals surface area contributed by atoms with Gasteiger partial charge in [-0.2, -0.15) is 10.2 Å². The molecule has 1 aliphatic rings. The second kappa shape index (κ2) is 7.49. The van der Waals surface area contributed by atoms with E-state index in [-0.39, 0.29) is 17.5 Å². The van der Waals surface area contributed by atoms with E-state index in [9.17, 15) is 9.18 Å². The zero-order valence-electron chi connectivity index (χ0n) is 18.5. The van der Waals surface area contributed by atoms with Crippen LogP contribution in [0.2, 0.25) is 0 Å². The van der Waals surface area contributed by atoms with Gasteiger partial charge in [0, 0.05) is 37.6 Å². The number of aromatic nitrogens is 6. The maximum atomic E-state index is 15.3. The molecule has 3 aromatic heterocycles. The fraction of sp³-hybridized carbons (Fsp3) is 0.208. The molecule has 0 bridgehead atoms. The summed E-state index contributed by atoms with van der Waals surface area (Å²) in [5, 5.41) is 12.6. The van der Waals surface area contributed by atoms with Crippen molar-refractivity contribution in [3.8, 4) is 22.6 Å². The summed E-state index contributed by atoms with van der Waals surface area (Å²) in [5.41, 5.74) is 3.03. The lowest BCUT2D eigenvalue weighted by molar-refractivity contribution is 0.419. The van der Waals surface area contributed by atoms with Crippen LogP contribution in [0.15, 0.2) is 59.8 Å². The van der Waals surface area contributed by atoms with Crippen molar-refractivity contribution in [3.05, 3.63) is 82.8 Å². The first-order chi connectivity index (χ1) is 16.4. The molecule has 172 valence electrons. The predicted molar refractivity (Wildman–Crippen MR) is 123 cm³/mol. The standard InChI is InChI=1S/C24H21F2N7O/c1-14-22-23(21(29-33(22)10-9-27-14)15-3-5-16(25)6-4-15)32-12-11-31(24(32)34)19-8-7-18-17(20(19)26)13-28-30(18)2/h3-8,11-14,27H,9-10H2,1-2H3/t14-/m1/s1. The lowest BCUT2D eigenvalue weighted by atomic mass is 10.1. The molecule has 0 radical (unpaired) electrons. The quantitative estimate of drug-likeness (QED) is 0.447. The van der Waals surface area contributed by atoms with Crippen LogP contribution in [0.25, 0.3) is 33.5 Å². The molecule has 1 aliphatic heterocycles. The Bertz CT molecular complexity index is 1610. The molecule has 4 heterocycles. The number of nitrogens with zero attached hydrogens (tertiary/aromatic N) is 6. The molecule has 0 amide bonds. The molecule has 0 saturated heterocycles. The molecule has 0 saturated carbocycles. The number of nitrogens with one attached hydrogen (secondary N) is 1. The number of imidazole rings is 1. The number of aryl methyl sites for hydroxylation is 1. The number of fused-ring (bicyclic) bond motifs is 2. The van der Waals surface area contributed by atoms with Gasteiger partial charge in [0.1, 0.15) is 17.2 Å². The van der Waals surface area contributed by atoms with Crippen LogP contribution in [0.5, 0.6) is 0 Å². The van der Waals surface area contributed by atoms with Gasteiger partial charge >= 0.3 is 5.69 Å². The highest BCUT2D eigenvalue weighted by Gasteiger charge is 2.28. The minimum atomic E-state index is -0.517. The Kier molecular flexibility index (Phi) is 4.53. The van der Waals surface area contributed by atoms with E-state index in [2.05, 4.69) is 10.4 Å². The largest absolute Gasteiger partial charge is 0.337 e. The highest BCUT2D eigenvalue weighted by atomic mass is 19.1. The zero-order chi connectivity index (χ0) is 23.6. The maximum Gasteiger partial charge on any atom is 0.337 e. The normalized spacial score (nSPS) is 15.7. The highest BCUT2D eigenvalue weighted by Crippen LogP contribution is 2.33.